The molecule has 3 aliphatic heterocycles. The van der Waals surface area contributed by atoms with Crippen molar-refractivity contribution >= 4 is 11.7 Å². The van der Waals surface area contributed by atoms with Crippen molar-refractivity contribution < 1.29 is 9.53 Å². The summed E-state index contributed by atoms with van der Waals surface area (Å²) >= 11 is 0. The molecule has 3 heterocycles. The maximum absolute atomic E-state index is 12.7. The molecule has 5 rings (SSSR count). The minimum atomic E-state index is -0.173. The fourth-order valence-corrected chi connectivity index (χ4v) is 5.70. The fourth-order valence-electron chi connectivity index (χ4n) is 5.70. The number of carbonyl (C=O) groups is 1. The number of fused-ring (bicyclic) bond motifs is 2. The number of rotatable bonds is 1. The molecular weight excluding hydrogens is 300 g/mol. The molecule has 1 N–H and O–H groups in total. The number of carbonyl (C=O) groups excluding carboxylic acids is 1. The van der Waals surface area contributed by atoms with Crippen molar-refractivity contribution in [2.24, 2.45) is 5.92 Å². The zero-order valence-corrected chi connectivity index (χ0v) is 14.1. The van der Waals surface area contributed by atoms with Gasteiger partial charge in [-0.3, -0.25) is 4.90 Å². The Hall–Kier alpha value is -2.07. The van der Waals surface area contributed by atoms with Crippen LogP contribution in [0.3, 0.4) is 0 Å². The Morgan fingerprint density at radius 1 is 1.38 bits per heavy atom. The quantitative estimate of drug-likeness (QED) is 0.638. The highest BCUT2D eigenvalue weighted by Gasteiger charge is 2.63. The molecule has 2 bridgehead atoms. The number of hydrogen-bond donors (Lipinski definition) is 1. The van der Waals surface area contributed by atoms with Crippen LogP contribution in [0.4, 0.5) is 5.69 Å². The third kappa shape index (κ3) is 1.46. The maximum Gasteiger partial charge on any atom is 0.336 e. The van der Waals surface area contributed by atoms with E-state index in [1.165, 1.54) is 18.2 Å². The number of esters is 1. The molecule has 4 heteroatoms. The molecule has 2 saturated heterocycles. The fraction of sp³-hybridized carbons (Fsp3) is 0.450. The van der Waals surface area contributed by atoms with Crippen LogP contribution in [0, 0.1) is 5.92 Å². The zero-order valence-electron chi connectivity index (χ0n) is 14.1. The van der Waals surface area contributed by atoms with Gasteiger partial charge in [-0.25, -0.2) is 4.79 Å². The molecule has 1 aromatic rings. The second-order valence-electron chi connectivity index (χ2n) is 7.24. The van der Waals surface area contributed by atoms with Gasteiger partial charge in [-0.2, -0.15) is 0 Å². The maximum atomic E-state index is 12.7. The summed E-state index contributed by atoms with van der Waals surface area (Å²) in [5.74, 6) is 0.0135. The Morgan fingerprint density at radius 3 is 3.00 bits per heavy atom. The highest BCUT2D eigenvalue weighted by Crippen LogP contribution is 2.61. The number of hydrogen-bond acceptors (Lipinski definition) is 4. The lowest BCUT2D eigenvalue weighted by Gasteiger charge is -2.49. The molecule has 0 radical (unpaired) electrons. The molecule has 0 amide bonds. The van der Waals surface area contributed by atoms with Crippen LogP contribution in [0.25, 0.3) is 0 Å². The van der Waals surface area contributed by atoms with Crippen LogP contribution in [0.15, 0.2) is 47.2 Å². The summed E-state index contributed by atoms with van der Waals surface area (Å²) in [6, 6.07) is 8.92. The van der Waals surface area contributed by atoms with E-state index in [1.54, 1.807) is 0 Å². The Balaban J connectivity index is 1.86. The van der Waals surface area contributed by atoms with Crippen molar-refractivity contribution in [2.45, 2.75) is 31.2 Å². The van der Waals surface area contributed by atoms with Gasteiger partial charge in [-0.15, -0.1) is 0 Å². The standard InChI is InChI=1S/C20H22N2O2/c1-3-12-13-8-10-22-11-9-20(18(12)22)14-6-4-5-7-15(14)21-17(20)16(13)19(23)24-2/h3-7,13,18,21H,8-11H2,1-2H3/b12-3+/t13-,18+,20+/m0/s1. The van der Waals surface area contributed by atoms with Crippen LogP contribution in [0.2, 0.25) is 0 Å². The van der Waals surface area contributed by atoms with Crippen molar-refractivity contribution in [1.29, 1.82) is 0 Å². The predicted molar refractivity (Wildman–Crippen MR) is 92.6 cm³/mol. The Kier molecular flexibility index (Phi) is 2.82. The first-order valence-corrected chi connectivity index (χ1v) is 8.82. The topological polar surface area (TPSA) is 41.6 Å². The van der Waals surface area contributed by atoms with Gasteiger partial charge in [0.05, 0.1) is 18.1 Å². The van der Waals surface area contributed by atoms with Crippen LogP contribution in [-0.2, 0) is 14.9 Å². The van der Waals surface area contributed by atoms with Crippen LogP contribution >= 0.6 is 0 Å². The lowest BCUT2D eigenvalue weighted by molar-refractivity contribution is -0.137. The normalized spacial score (nSPS) is 34.8. The van der Waals surface area contributed by atoms with Gasteiger partial charge in [0.1, 0.15) is 0 Å². The molecular formula is C20H22N2O2. The van der Waals surface area contributed by atoms with Gasteiger partial charge >= 0.3 is 5.97 Å². The van der Waals surface area contributed by atoms with E-state index in [4.69, 9.17) is 4.74 Å². The highest BCUT2D eigenvalue weighted by molar-refractivity contribution is 5.94. The van der Waals surface area contributed by atoms with Gasteiger partial charge < -0.3 is 10.1 Å². The Morgan fingerprint density at radius 2 is 2.21 bits per heavy atom. The summed E-state index contributed by atoms with van der Waals surface area (Å²) in [4.78, 5) is 15.3. The largest absolute Gasteiger partial charge is 0.466 e. The summed E-state index contributed by atoms with van der Waals surface area (Å²) in [6.45, 7) is 4.26. The number of para-hydroxylation sites is 1. The summed E-state index contributed by atoms with van der Waals surface area (Å²) in [7, 11) is 1.50. The summed E-state index contributed by atoms with van der Waals surface area (Å²) in [5.41, 5.74) is 5.76. The van der Waals surface area contributed by atoms with Crippen molar-refractivity contribution in [3.63, 3.8) is 0 Å². The molecule has 1 aliphatic carbocycles. The monoisotopic (exact) mass is 322 g/mol. The molecule has 0 aromatic heterocycles. The SMILES string of the molecule is C/C=C1\[C@@H]2CCN3CC[C@@]4(C(=C2C(=O)OC)Nc2ccccc24)[C@@H]13. The number of nitrogens with one attached hydrogen (secondary N) is 1. The van der Waals surface area contributed by atoms with Gasteiger partial charge in [0.25, 0.3) is 0 Å². The minimum absolute atomic E-state index is 0.112. The molecule has 4 nitrogen and oxygen atoms in total. The Labute approximate surface area is 142 Å². The summed E-state index contributed by atoms with van der Waals surface area (Å²) < 4.78 is 5.21. The zero-order chi connectivity index (χ0) is 16.5. The molecule has 1 spiro atoms. The molecule has 24 heavy (non-hydrogen) atoms. The van der Waals surface area contributed by atoms with Crippen LogP contribution < -0.4 is 5.32 Å². The number of methoxy groups -OCH3 is 1. The van der Waals surface area contributed by atoms with E-state index in [2.05, 4.69) is 47.5 Å². The molecule has 124 valence electrons. The van der Waals surface area contributed by atoms with Crippen molar-refractivity contribution in [2.75, 3.05) is 25.5 Å². The molecule has 2 fully saturated rings. The second-order valence-corrected chi connectivity index (χ2v) is 7.24. The van der Waals surface area contributed by atoms with Crippen LogP contribution in [0.1, 0.15) is 25.3 Å². The smallest absolute Gasteiger partial charge is 0.336 e. The molecule has 0 unspecified atom stereocenters. The van der Waals surface area contributed by atoms with Crippen LogP contribution in [0.5, 0.6) is 0 Å². The molecule has 0 saturated carbocycles. The van der Waals surface area contributed by atoms with E-state index < -0.39 is 0 Å². The summed E-state index contributed by atoms with van der Waals surface area (Å²) in [5, 5.41) is 3.62. The average Bonchev–Trinajstić information content (AvgIpc) is 3.17. The number of benzene rings is 1. The van der Waals surface area contributed by atoms with Gasteiger partial charge in [-0.05, 0) is 43.5 Å². The lowest BCUT2D eigenvalue weighted by Crippen LogP contribution is -2.54. The minimum Gasteiger partial charge on any atom is -0.466 e. The van der Waals surface area contributed by atoms with E-state index >= 15 is 0 Å². The van der Waals surface area contributed by atoms with Gasteiger partial charge in [-0.1, -0.05) is 24.3 Å². The van der Waals surface area contributed by atoms with Gasteiger partial charge in [0.15, 0.2) is 0 Å². The van der Waals surface area contributed by atoms with Gasteiger partial charge in [0.2, 0.25) is 0 Å². The molecule has 4 aliphatic rings. The third-order valence-electron chi connectivity index (χ3n) is 6.52. The highest BCUT2D eigenvalue weighted by atomic mass is 16.5. The third-order valence-corrected chi connectivity index (χ3v) is 6.52. The van der Waals surface area contributed by atoms with E-state index in [9.17, 15) is 4.79 Å². The number of anilines is 1. The molecule has 3 atom stereocenters. The van der Waals surface area contributed by atoms with Crippen molar-refractivity contribution in [3.05, 3.63) is 52.7 Å². The van der Waals surface area contributed by atoms with E-state index in [0.717, 1.165) is 42.9 Å². The van der Waals surface area contributed by atoms with E-state index in [1.807, 2.05) is 0 Å². The number of piperidine rings is 1. The lowest BCUT2D eigenvalue weighted by atomic mass is 9.60. The first kappa shape index (κ1) is 14.3. The second kappa shape index (κ2) is 4.73. The van der Waals surface area contributed by atoms with Crippen molar-refractivity contribution in [3.8, 4) is 0 Å². The summed E-state index contributed by atoms with van der Waals surface area (Å²) in [6.07, 6.45) is 4.30. The average molecular weight is 322 g/mol. The molecule has 1 aromatic carbocycles. The van der Waals surface area contributed by atoms with Crippen molar-refractivity contribution in [1.82, 2.24) is 4.90 Å². The van der Waals surface area contributed by atoms with E-state index in [0.29, 0.717) is 6.04 Å². The number of nitrogens with zero attached hydrogens (tertiary/aromatic N) is 1. The van der Waals surface area contributed by atoms with Crippen LogP contribution in [-0.4, -0.2) is 37.1 Å². The number of ether oxygens (including phenoxy) is 1. The first-order valence-electron chi connectivity index (χ1n) is 8.82. The Bertz CT molecular complexity index is 810. The number of allylic oxidation sites excluding steroid dienone is 1. The predicted octanol–water partition coefficient (Wildman–Crippen LogP) is 2.83. The van der Waals surface area contributed by atoms with E-state index in [-0.39, 0.29) is 17.3 Å². The van der Waals surface area contributed by atoms with Gasteiger partial charge in [0, 0.05) is 29.9 Å². The first-order chi connectivity index (χ1) is 11.7.